The molecule has 5 heteroatoms. The first-order valence-electron chi connectivity index (χ1n) is 4.69. The molecule has 0 spiro atoms. The van der Waals surface area contributed by atoms with E-state index in [0.29, 0.717) is 5.25 Å². The minimum atomic E-state index is -0.789. The molecule has 1 aliphatic rings. The Kier molecular flexibility index (Phi) is 5.29. The van der Waals surface area contributed by atoms with Crippen LogP contribution in [0.25, 0.3) is 0 Å². The first-order valence-corrected chi connectivity index (χ1v) is 5.63. The second-order valence-corrected chi connectivity index (χ2v) is 4.74. The van der Waals surface area contributed by atoms with Gasteiger partial charge in [0.05, 0.1) is 6.61 Å². The molecule has 1 atom stereocenters. The second kappa shape index (κ2) is 6.27. The summed E-state index contributed by atoms with van der Waals surface area (Å²) in [5, 5.41) is 8.86. The molecule has 4 nitrogen and oxygen atoms in total. The molecule has 82 valence electrons. The third-order valence-electron chi connectivity index (χ3n) is 2.12. The van der Waals surface area contributed by atoms with E-state index in [1.807, 2.05) is 0 Å². The summed E-state index contributed by atoms with van der Waals surface area (Å²) in [7, 11) is 1.53. The highest BCUT2D eigenvalue weighted by Gasteiger charge is 2.24. The van der Waals surface area contributed by atoms with Gasteiger partial charge in [-0.3, -0.25) is 4.79 Å². The third-order valence-corrected chi connectivity index (χ3v) is 3.64. The Morgan fingerprint density at radius 1 is 1.64 bits per heavy atom. The Balaban J connectivity index is 2.33. The molecule has 14 heavy (non-hydrogen) atoms. The van der Waals surface area contributed by atoms with Crippen LogP contribution in [-0.2, 0) is 14.3 Å². The number of hydrogen-bond acceptors (Lipinski definition) is 4. The fourth-order valence-corrected chi connectivity index (χ4v) is 2.62. The van der Waals surface area contributed by atoms with Crippen molar-refractivity contribution in [3.05, 3.63) is 0 Å². The van der Waals surface area contributed by atoms with Crippen LogP contribution in [0.1, 0.15) is 12.8 Å². The number of methoxy groups -OCH3 is 1. The summed E-state index contributed by atoms with van der Waals surface area (Å²) in [6.07, 6.45) is 1.89. The fourth-order valence-electron chi connectivity index (χ4n) is 1.36. The molecule has 1 fully saturated rings. The van der Waals surface area contributed by atoms with Crippen molar-refractivity contribution in [2.45, 2.75) is 23.3 Å². The fraction of sp³-hybridized carbons (Fsp3) is 0.889. The zero-order valence-electron chi connectivity index (χ0n) is 8.27. The number of rotatable bonds is 5. The smallest absolute Gasteiger partial charge is 0.319 e. The van der Waals surface area contributed by atoms with E-state index in [2.05, 4.69) is 0 Å². The predicted molar refractivity (Wildman–Crippen MR) is 54.7 cm³/mol. The molecule has 1 unspecified atom stereocenters. The van der Waals surface area contributed by atoms with Crippen LogP contribution in [0.4, 0.5) is 0 Å². The van der Waals surface area contributed by atoms with Crippen molar-refractivity contribution in [1.29, 1.82) is 0 Å². The van der Waals surface area contributed by atoms with Gasteiger partial charge in [0.25, 0.3) is 0 Å². The SMILES string of the molecule is COCC(SC1CCOCC1)C(=O)O. The lowest BCUT2D eigenvalue weighted by atomic mass is 10.2. The monoisotopic (exact) mass is 220 g/mol. The first-order chi connectivity index (χ1) is 6.74. The Hall–Kier alpha value is -0.260. The standard InChI is InChI=1S/C9H16O4S/c1-12-6-8(9(10)11)14-7-2-4-13-5-3-7/h7-8H,2-6H2,1H3,(H,10,11). The lowest BCUT2D eigenvalue weighted by Crippen LogP contribution is -2.27. The molecule has 0 bridgehead atoms. The zero-order chi connectivity index (χ0) is 10.4. The van der Waals surface area contributed by atoms with Crippen LogP contribution in [0, 0.1) is 0 Å². The van der Waals surface area contributed by atoms with Gasteiger partial charge in [-0.2, -0.15) is 0 Å². The molecule has 1 aliphatic heterocycles. The molecule has 1 heterocycles. The van der Waals surface area contributed by atoms with E-state index >= 15 is 0 Å². The van der Waals surface area contributed by atoms with E-state index in [4.69, 9.17) is 14.6 Å². The van der Waals surface area contributed by atoms with Gasteiger partial charge < -0.3 is 14.6 Å². The summed E-state index contributed by atoms with van der Waals surface area (Å²) in [5.41, 5.74) is 0. The molecule has 1 saturated heterocycles. The maximum Gasteiger partial charge on any atom is 0.319 e. The summed E-state index contributed by atoms with van der Waals surface area (Å²) in [6, 6.07) is 0. The van der Waals surface area contributed by atoms with Crippen LogP contribution in [-0.4, -0.2) is 48.5 Å². The highest BCUT2D eigenvalue weighted by atomic mass is 32.2. The van der Waals surface area contributed by atoms with Crippen LogP contribution in [0.5, 0.6) is 0 Å². The Morgan fingerprint density at radius 2 is 2.29 bits per heavy atom. The van der Waals surface area contributed by atoms with Gasteiger partial charge in [0.2, 0.25) is 0 Å². The molecule has 0 aromatic rings. The van der Waals surface area contributed by atoms with Gasteiger partial charge in [-0.05, 0) is 12.8 Å². The highest BCUT2D eigenvalue weighted by Crippen LogP contribution is 2.26. The van der Waals surface area contributed by atoms with E-state index in [0.717, 1.165) is 26.1 Å². The Bertz CT molecular complexity index is 180. The van der Waals surface area contributed by atoms with Crippen molar-refractivity contribution < 1.29 is 19.4 Å². The van der Waals surface area contributed by atoms with Crippen molar-refractivity contribution in [3.63, 3.8) is 0 Å². The molecule has 1 rings (SSSR count). The number of hydrogen-bond donors (Lipinski definition) is 1. The van der Waals surface area contributed by atoms with Gasteiger partial charge in [0.1, 0.15) is 5.25 Å². The number of carbonyl (C=O) groups is 1. The largest absolute Gasteiger partial charge is 0.480 e. The maximum absolute atomic E-state index is 10.8. The summed E-state index contributed by atoms with van der Waals surface area (Å²) in [6.45, 7) is 1.77. The minimum absolute atomic E-state index is 0.275. The summed E-state index contributed by atoms with van der Waals surface area (Å²) in [5.74, 6) is -0.789. The summed E-state index contributed by atoms with van der Waals surface area (Å²) < 4.78 is 10.1. The van der Waals surface area contributed by atoms with E-state index in [1.165, 1.54) is 18.9 Å². The topological polar surface area (TPSA) is 55.8 Å². The van der Waals surface area contributed by atoms with E-state index in [-0.39, 0.29) is 6.61 Å². The van der Waals surface area contributed by atoms with Crippen LogP contribution >= 0.6 is 11.8 Å². The van der Waals surface area contributed by atoms with E-state index < -0.39 is 11.2 Å². The van der Waals surface area contributed by atoms with Crippen LogP contribution in [0.3, 0.4) is 0 Å². The minimum Gasteiger partial charge on any atom is -0.480 e. The number of thioether (sulfide) groups is 1. The molecule has 0 saturated carbocycles. The lowest BCUT2D eigenvalue weighted by Gasteiger charge is -2.24. The van der Waals surface area contributed by atoms with Gasteiger partial charge in [0, 0.05) is 25.6 Å². The number of aliphatic carboxylic acids is 1. The molecule has 0 aromatic carbocycles. The zero-order valence-corrected chi connectivity index (χ0v) is 9.09. The molecular weight excluding hydrogens is 204 g/mol. The number of carboxylic acid groups (broad SMARTS) is 1. The third kappa shape index (κ3) is 3.86. The van der Waals surface area contributed by atoms with Crippen LogP contribution in [0.15, 0.2) is 0 Å². The summed E-state index contributed by atoms with van der Waals surface area (Å²) >= 11 is 1.49. The normalized spacial score (nSPS) is 20.6. The highest BCUT2D eigenvalue weighted by molar-refractivity contribution is 8.01. The lowest BCUT2D eigenvalue weighted by molar-refractivity contribution is -0.137. The van der Waals surface area contributed by atoms with Crippen molar-refractivity contribution in [1.82, 2.24) is 0 Å². The van der Waals surface area contributed by atoms with E-state index in [9.17, 15) is 4.79 Å². The Morgan fingerprint density at radius 3 is 2.79 bits per heavy atom. The van der Waals surface area contributed by atoms with E-state index in [1.54, 1.807) is 0 Å². The van der Waals surface area contributed by atoms with Gasteiger partial charge >= 0.3 is 5.97 Å². The number of ether oxygens (including phenoxy) is 2. The van der Waals surface area contributed by atoms with Crippen LogP contribution in [0.2, 0.25) is 0 Å². The Labute approximate surface area is 88.0 Å². The van der Waals surface area contributed by atoms with Crippen LogP contribution < -0.4 is 0 Å². The van der Waals surface area contributed by atoms with Crippen molar-refractivity contribution in [3.8, 4) is 0 Å². The van der Waals surface area contributed by atoms with Gasteiger partial charge in [-0.15, -0.1) is 11.8 Å². The maximum atomic E-state index is 10.8. The average Bonchev–Trinajstić information content (AvgIpc) is 2.18. The summed E-state index contributed by atoms with van der Waals surface area (Å²) in [4.78, 5) is 10.8. The molecule has 0 radical (unpaired) electrons. The van der Waals surface area contributed by atoms with Crippen molar-refractivity contribution >= 4 is 17.7 Å². The molecule has 0 aliphatic carbocycles. The predicted octanol–water partition coefficient (Wildman–Crippen LogP) is 0.998. The molecule has 0 aromatic heterocycles. The molecule has 1 N–H and O–H groups in total. The van der Waals surface area contributed by atoms with Gasteiger partial charge in [0.15, 0.2) is 0 Å². The first kappa shape index (κ1) is 11.8. The quantitative estimate of drug-likeness (QED) is 0.749. The van der Waals surface area contributed by atoms with Gasteiger partial charge in [-0.25, -0.2) is 0 Å². The molecular formula is C9H16O4S. The molecule has 0 amide bonds. The average molecular weight is 220 g/mol. The van der Waals surface area contributed by atoms with Crippen molar-refractivity contribution in [2.24, 2.45) is 0 Å². The second-order valence-electron chi connectivity index (χ2n) is 3.23. The number of carboxylic acids is 1. The van der Waals surface area contributed by atoms with Crippen molar-refractivity contribution in [2.75, 3.05) is 26.9 Å². The van der Waals surface area contributed by atoms with Gasteiger partial charge in [-0.1, -0.05) is 0 Å².